The van der Waals surface area contributed by atoms with Gasteiger partial charge in [0.05, 0.1) is 16.0 Å². The van der Waals surface area contributed by atoms with E-state index in [-0.39, 0.29) is 16.6 Å². The average Bonchev–Trinajstić information content (AvgIpc) is 3.27. The highest BCUT2D eigenvalue weighted by Gasteiger charge is 2.30. The maximum atomic E-state index is 12.6. The number of halogens is 3. The molecule has 14 heteroatoms. The maximum absolute atomic E-state index is 12.6. The van der Waals surface area contributed by atoms with Gasteiger partial charge in [-0.2, -0.15) is 13.2 Å². The lowest BCUT2D eigenvalue weighted by Crippen LogP contribution is -2.13. The molecule has 4 aromatic rings. The number of fused-ring (bicyclic) bond motifs is 1. The number of rotatable bonds is 5. The average molecular weight is 439 g/mol. The van der Waals surface area contributed by atoms with E-state index in [1.54, 1.807) is 13.1 Å². The Kier molecular flexibility index (Phi) is 4.57. The third-order valence-corrected chi connectivity index (χ3v) is 5.32. The predicted octanol–water partition coefficient (Wildman–Crippen LogP) is 2.91. The Hall–Kier alpha value is -3.68. The zero-order chi connectivity index (χ0) is 21.5. The highest BCUT2D eigenvalue weighted by atomic mass is 32.2. The molecule has 4 rings (SSSR count). The molecule has 0 atom stereocenters. The summed E-state index contributed by atoms with van der Waals surface area (Å²) in [7, 11) is -2.38. The molecule has 156 valence electrons. The van der Waals surface area contributed by atoms with E-state index in [9.17, 15) is 21.6 Å². The molecular formula is C16H12F3N7O3S. The Balaban J connectivity index is 1.49. The van der Waals surface area contributed by atoms with Crippen molar-refractivity contribution in [2.24, 2.45) is 7.05 Å². The number of benzene rings is 2. The van der Waals surface area contributed by atoms with Gasteiger partial charge in [-0.3, -0.25) is 0 Å². The first-order valence-corrected chi connectivity index (χ1v) is 9.70. The lowest BCUT2D eigenvalue weighted by Gasteiger charge is -2.07. The van der Waals surface area contributed by atoms with Crippen molar-refractivity contribution in [1.82, 2.24) is 25.2 Å². The van der Waals surface area contributed by atoms with Crippen LogP contribution in [0.3, 0.4) is 0 Å². The molecule has 2 N–H and O–H groups in total. The topological polar surface area (TPSA) is 128 Å². The second-order valence-corrected chi connectivity index (χ2v) is 7.76. The SMILES string of the molecule is Cn1nnc2cc(S(=O)(=O)Nc3nnc(Nc4ccc(C(F)(F)F)cc4)o3)ccc21. The number of hydrogen-bond acceptors (Lipinski definition) is 8. The summed E-state index contributed by atoms with van der Waals surface area (Å²) in [5.41, 5.74) is 0.464. The van der Waals surface area contributed by atoms with Crippen LogP contribution in [0.5, 0.6) is 0 Å². The molecule has 0 unspecified atom stereocenters. The van der Waals surface area contributed by atoms with Gasteiger partial charge in [0.25, 0.3) is 10.0 Å². The molecule has 0 fully saturated rings. The van der Waals surface area contributed by atoms with E-state index in [0.29, 0.717) is 11.0 Å². The number of nitrogens with one attached hydrogen (secondary N) is 2. The summed E-state index contributed by atoms with van der Waals surface area (Å²) in [6.45, 7) is 0. The molecule has 2 aromatic carbocycles. The molecule has 0 spiro atoms. The molecule has 0 bridgehead atoms. The summed E-state index contributed by atoms with van der Waals surface area (Å²) < 4.78 is 71.6. The van der Waals surface area contributed by atoms with Crippen LogP contribution in [0.2, 0.25) is 0 Å². The highest BCUT2D eigenvalue weighted by Crippen LogP contribution is 2.30. The quantitative estimate of drug-likeness (QED) is 0.486. The first-order chi connectivity index (χ1) is 14.1. The minimum atomic E-state index is -4.46. The van der Waals surface area contributed by atoms with E-state index in [4.69, 9.17) is 4.42 Å². The van der Waals surface area contributed by atoms with Crippen LogP contribution in [-0.4, -0.2) is 33.6 Å². The summed E-state index contributed by atoms with van der Waals surface area (Å²) >= 11 is 0. The smallest absolute Gasteiger partial charge is 0.389 e. The van der Waals surface area contributed by atoms with Gasteiger partial charge in [-0.05, 0) is 42.5 Å². The van der Waals surface area contributed by atoms with Crippen molar-refractivity contribution in [2.45, 2.75) is 11.1 Å². The first kappa shape index (κ1) is 19.6. The van der Waals surface area contributed by atoms with Gasteiger partial charge in [-0.15, -0.1) is 5.10 Å². The van der Waals surface area contributed by atoms with Crippen LogP contribution in [-0.2, 0) is 23.2 Å². The molecule has 2 aromatic heterocycles. The summed E-state index contributed by atoms with van der Waals surface area (Å²) in [6, 6.07) is 7.72. The number of sulfonamides is 1. The molecule has 2 heterocycles. The summed E-state index contributed by atoms with van der Waals surface area (Å²) in [6.07, 6.45) is -4.46. The molecule has 0 aliphatic rings. The van der Waals surface area contributed by atoms with Gasteiger partial charge < -0.3 is 9.73 Å². The van der Waals surface area contributed by atoms with Crippen LogP contribution in [0.4, 0.5) is 30.9 Å². The van der Waals surface area contributed by atoms with Crippen LogP contribution in [0.1, 0.15) is 5.56 Å². The van der Waals surface area contributed by atoms with Crippen molar-refractivity contribution in [2.75, 3.05) is 10.0 Å². The maximum Gasteiger partial charge on any atom is 0.416 e. The van der Waals surface area contributed by atoms with Gasteiger partial charge in [0.2, 0.25) is 0 Å². The van der Waals surface area contributed by atoms with Crippen LogP contribution in [0.25, 0.3) is 11.0 Å². The van der Waals surface area contributed by atoms with E-state index in [1.165, 1.54) is 28.9 Å². The minimum absolute atomic E-state index is 0.0917. The fraction of sp³-hybridized carbons (Fsp3) is 0.125. The molecule has 0 radical (unpaired) electrons. The third-order valence-electron chi connectivity index (χ3n) is 4.00. The van der Waals surface area contributed by atoms with Crippen molar-refractivity contribution in [3.8, 4) is 0 Å². The van der Waals surface area contributed by atoms with Gasteiger partial charge in [0, 0.05) is 12.7 Å². The number of aromatic nitrogens is 5. The van der Waals surface area contributed by atoms with E-state index in [1.807, 2.05) is 0 Å². The predicted molar refractivity (Wildman–Crippen MR) is 98.3 cm³/mol. The normalized spacial score (nSPS) is 12.3. The highest BCUT2D eigenvalue weighted by molar-refractivity contribution is 7.92. The number of aryl methyl sites for hydroxylation is 1. The number of alkyl halides is 3. The van der Waals surface area contributed by atoms with Crippen molar-refractivity contribution >= 4 is 38.8 Å². The van der Waals surface area contributed by atoms with Crippen molar-refractivity contribution in [3.63, 3.8) is 0 Å². The van der Waals surface area contributed by atoms with Crippen LogP contribution >= 0.6 is 0 Å². The molecule has 0 aliphatic carbocycles. The van der Waals surface area contributed by atoms with Gasteiger partial charge in [-0.25, -0.2) is 17.8 Å². The molecular weight excluding hydrogens is 427 g/mol. The Morgan fingerprint density at radius 3 is 2.40 bits per heavy atom. The fourth-order valence-corrected chi connectivity index (χ4v) is 3.49. The second-order valence-electron chi connectivity index (χ2n) is 6.08. The first-order valence-electron chi connectivity index (χ1n) is 8.22. The van der Waals surface area contributed by atoms with Crippen LogP contribution in [0.15, 0.2) is 51.8 Å². The number of anilines is 3. The molecule has 10 nitrogen and oxygen atoms in total. The Labute approximate surface area is 166 Å². The standard InChI is InChI=1S/C16H12F3N7O3S/c1-26-13-7-6-11(8-12(13)21-25-26)30(27,28)24-15-23-22-14(29-15)20-10-4-2-9(3-5-10)16(17,18)19/h2-8H,1H3,(H,20,22)(H,23,24). The third kappa shape index (κ3) is 3.89. The van der Waals surface area contributed by atoms with Crippen molar-refractivity contribution < 1.29 is 26.0 Å². The molecule has 0 saturated heterocycles. The zero-order valence-electron chi connectivity index (χ0n) is 15.0. The number of hydrogen-bond donors (Lipinski definition) is 2. The monoisotopic (exact) mass is 439 g/mol. The number of nitrogens with zero attached hydrogens (tertiary/aromatic N) is 5. The van der Waals surface area contributed by atoms with Crippen LogP contribution < -0.4 is 10.0 Å². The minimum Gasteiger partial charge on any atom is -0.389 e. The fourth-order valence-electron chi connectivity index (χ4n) is 2.54. The van der Waals surface area contributed by atoms with Gasteiger partial charge in [0.15, 0.2) is 0 Å². The van der Waals surface area contributed by atoms with Crippen LogP contribution in [0, 0.1) is 0 Å². The van der Waals surface area contributed by atoms with E-state index in [0.717, 1.165) is 12.1 Å². The molecule has 0 aliphatic heterocycles. The zero-order valence-corrected chi connectivity index (χ0v) is 15.9. The van der Waals surface area contributed by atoms with Gasteiger partial charge in [-0.1, -0.05) is 15.4 Å². The Bertz CT molecular complexity index is 1310. The van der Waals surface area contributed by atoms with E-state index in [2.05, 4.69) is 30.5 Å². The van der Waals surface area contributed by atoms with Gasteiger partial charge >= 0.3 is 18.2 Å². The van der Waals surface area contributed by atoms with Crippen molar-refractivity contribution in [3.05, 3.63) is 48.0 Å². The lowest BCUT2D eigenvalue weighted by atomic mass is 10.2. The molecule has 30 heavy (non-hydrogen) atoms. The molecule has 0 saturated carbocycles. The molecule has 0 amide bonds. The summed E-state index contributed by atoms with van der Waals surface area (Å²) in [5, 5.41) is 17.4. The van der Waals surface area contributed by atoms with Crippen molar-refractivity contribution in [1.29, 1.82) is 0 Å². The summed E-state index contributed by atoms with van der Waals surface area (Å²) in [4.78, 5) is -0.0917. The van der Waals surface area contributed by atoms with Gasteiger partial charge in [0.1, 0.15) is 5.52 Å². The van der Waals surface area contributed by atoms with E-state index < -0.39 is 27.8 Å². The Morgan fingerprint density at radius 1 is 1.00 bits per heavy atom. The Morgan fingerprint density at radius 2 is 1.70 bits per heavy atom. The lowest BCUT2D eigenvalue weighted by molar-refractivity contribution is -0.137. The van der Waals surface area contributed by atoms with E-state index >= 15 is 0 Å². The summed E-state index contributed by atoms with van der Waals surface area (Å²) in [5.74, 6) is 0. The largest absolute Gasteiger partial charge is 0.416 e. The second kappa shape index (κ2) is 6.98.